The molecule has 0 saturated carbocycles. The smallest absolute Gasteiger partial charge is 0.303 e. The lowest BCUT2D eigenvalue weighted by Crippen LogP contribution is -1.92. The molecule has 0 rings (SSSR count). The molecule has 0 bridgehead atoms. The number of unbranched alkanes of at least 4 members (excludes halogenated alkanes) is 11. The Morgan fingerprint density at radius 2 is 0.833 bits per heavy atom. The number of allylic oxidation sites excluding steroid dienone is 4. The van der Waals surface area contributed by atoms with E-state index in [1.165, 1.54) is 25.7 Å². The normalized spacial score (nSPS) is 13.1. The summed E-state index contributed by atoms with van der Waals surface area (Å²) in [5.74, 6) is 0. The van der Waals surface area contributed by atoms with Crippen molar-refractivity contribution in [1.29, 1.82) is 0 Å². The molecule has 0 unspecified atom stereocenters. The molecule has 0 radical (unpaired) electrons. The highest BCUT2D eigenvalue weighted by molar-refractivity contribution is 7.46. The third-order valence-electron chi connectivity index (χ3n) is 4.40. The second-order valence-corrected chi connectivity index (χ2v) is 9.77. The van der Waals surface area contributed by atoms with Crippen LogP contribution >= 0.6 is 15.6 Å². The third kappa shape index (κ3) is 27.7. The molecular formula is C20H40O8P2. The minimum Gasteiger partial charge on any atom is -0.303 e. The lowest BCUT2D eigenvalue weighted by Gasteiger charge is -2.04. The van der Waals surface area contributed by atoms with E-state index in [0.717, 1.165) is 51.4 Å². The fourth-order valence-corrected chi connectivity index (χ4v) is 3.57. The average Bonchev–Trinajstić information content (AvgIpc) is 2.64. The highest BCUT2D eigenvalue weighted by Crippen LogP contribution is 2.36. The number of phosphoric acid groups is 2. The van der Waals surface area contributed by atoms with Crippen LogP contribution in [-0.2, 0) is 18.2 Å². The Balaban J connectivity index is 3.26. The highest BCUT2D eigenvalue weighted by Gasteiger charge is 2.12. The fraction of sp³-hybridized carbons (Fsp3) is 0.800. The topological polar surface area (TPSA) is 134 Å². The van der Waals surface area contributed by atoms with Crippen LogP contribution in [0, 0.1) is 0 Å². The van der Waals surface area contributed by atoms with Crippen LogP contribution in [0.2, 0.25) is 0 Å². The molecule has 0 fully saturated rings. The molecular weight excluding hydrogens is 430 g/mol. The van der Waals surface area contributed by atoms with E-state index in [1.54, 1.807) is 0 Å². The van der Waals surface area contributed by atoms with Crippen LogP contribution < -0.4 is 0 Å². The van der Waals surface area contributed by atoms with Gasteiger partial charge in [0, 0.05) is 0 Å². The molecule has 10 heteroatoms. The van der Waals surface area contributed by atoms with Crippen LogP contribution in [0.4, 0.5) is 0 Å². The van der Waals surface area contributed by atoms with Gasteiger partial charge in [0.05, 0.1) is 13.2 Å². The minimum atomic E-state index is -4.31. The summed E-state index contributed by atoms with van der Waals surface area (Å²) in [7, 11) is -8.61. The van der Waals surface area contributed by atoms with E-state index in [1.807, 2.05) is 0 Å². The maximum atomic E-state index is 10.5. The van der Waals surface area contributed by atoms with Gasteiger partial charge in [-0.15, -0.1) is 0 Å². The molecule has 8 nitrogen and oxygen atoms in total. The predicted octanol–water partition coefficient (Wildman–Crippen LogP) is 5.78. The summed E-state index contributed by atoms with van der Waals surface area (Å²) in [5.41, 5.74) is 0. The molecule has 178 valence electrons. The molecule has 0 amide bonds. The second-order valence-electron chi connectivity index (χ2n) is 7.29. The monoisotopic (exact) mass is 470 g/mol. The molecule has 0 aliphatic heterocycles. The Bertz CT molecular complexity index is 539. The molecule has 0 heterocycles. The second kappa shape index (κ2) is 19.4. The standard InChI is InChI=1S/C20H40O8P2/c21-29(22,23)27-19-17-15-13-11-9-7-5-3-1-2-4-6-8-10-12-14-16-18-20-28-30(24,25)26/h1,3,7,9H,2,4-6,8,10-20H2,(H2,21,22,23)(H2,24,25,26)/b3-1+,9-7+. The molecule has 0 aliphatic carbocycles. The van der Waals surface area contributed by atoms with E-state index in [2.05, 4.69) is 33.4 Å². The molecule has 30 heavy (non-hydrogen) atoms. The maximum Gasteiger partial charge on any atom is 0.469 e. The van der Waals surface area contributed by atoms with Crippen molar-refractivity contribution in [2.45, 2.75) is 89.9 Å². The number of hydrogen-bond donors (Lipinski definition) is 4. The Hall–Kier alpha value is -0.300. The summed E-state index contributed by atoms with van der Waals surface area (Å²) in [6, 6.07) is 0. The molecule has 0 atom stereocenters. The van der Waals surface area contributed by atoms with Crippen molar-refractivity contribution in [3.8, 4) is 0 Å². The number of phosphoric ester groups is 2. The fourth-order valence-electron chi connectivity index (χ4n) is 2.84. The van der Waals surface area contributed by atoms with Gasteiger partial charge in [-0.25, -0.2) is 9.13 Å². The summed E-state index contributed by atoms with van der Waals surface area (Å²) in [6.07, 6.45) is 23.0. The van der Waals surface area contributed by atoms with Crippen molar-refractivity contribution in [2.24, 2.45) is 0 Å². The van der Waals surface area contributed by atoms with E-state index < -0.39 is 15.6 Å². The molecule has 0 aromatic carbocycles. The summed E-state index contributed by atoms with van der Waals surface area (Å²) < 4.78 is 29.8. The Morgan fingerprint density at radius 1 is 0.500 bits per heavy atom. The van der Waals surface area contributed by atoms with E-state index >= 15 is 0 Å². The van der Waals surface area contributed by atoms with Crippen molar-refractivity contribution in [3.05, 3.63) is 24.3 Å². The zero-order valence-corrected chi connectivity index (χ0v) is 19.7. The summed E-state index contributed by atoms with van der Waals surface area (Å²) in [5, 5.41) is 0. The Labute approximate surface area is 181 Å². The number of hydrogen-bond acceptors (Lipinski definition) is 4. The zero-order valence-electron chi connectivity index (χ0n) is 17.9. The van der Waals surface area contributed by atoms with E-state index in [-0.39, 0.29) is 13.2 Å². The first-order chi connectivity index (χ1) is 14.2. The van der Waals surface area contributed by atoms with Crippen LogP contribution in [0.25, 0.3) is 0 Å². The quantitative estimate of drug-likeness (QED) is 0.0942. The molecule has 0 aliphatic rings. The summed E-state index contributed by atoms with van der Waals surface area (Å²) in [6.45, 7) is 0.233. The van der Waals surface area contributed by atoms with Gasteiger partial charge in [-0.1, -0.05) is 69.2 Å². The van der Waals surface area contributed by atoms with E-state index in [4.69, 9.17) is 19.6 Å². The van der Waals surface area contributed by atoms with Crippen molar-refractivity contribution in [3.63, 3.8) is 0 Å². The van der Waals surface area contributed by atoms with Crippen molar-refractivity contribution in [2.75, 3.05) is 13.2 Å². The van der Waals surface area contributed by atoms with Crippen LogP contribution in [0.3, 0.4) is 0 Å². The number of rotatable bonds is 21. The molecule has 0 aromatic rings. The first-order valence-corrected chi connectivity index (χ1v) is 14.0. The van der Waals surface area contributed by atoms with E-state index in [9.17, 15) is 9.13 Å². The molecule has 0 saturated heterocycles. The van der Waals surface area contributed by atoms with Crippen LogP contribution in [0.5, 0.6) is 0 Å². The largest absolute Gasteiger partial charge is 0.469 e. The minimum absolute atomic E-state index is 0.105. The predicted molar refractivity (Wildman–Crippen MR) is 119 cm³/mol. The van der Waals surface area contributed by atoms with Crippen LogP contribution in [0.1, 0.15) is 89.9 Å². The summed E-state index contributed by atoms with van der Waals surface area (Å²) >= 11 is 0. The van der Waals surface area contributed by atoms with Gasteiger partial charge in [0.2, 0.25) is 0 Å². The highest BCUT2D eigenvalue weighted by atomic mass is 31.2. The lowest BCUT2D eigenvalue weighted by atomic mass is 10.1. The maximum absolute atomic E-state index is 10.5. The van der Waals surface area contributed by atoms with Gasteiger partial charge in [-0.05, 0) is 44.9 Å². The SMILES string of the molecule is O=P(O)(O)OCCCCC/C=C/C/C=C/CCCCCCCCCCOP(=O)(O)O. The van der Waals surface area contributed by atoms with Crippen molar-refractivity contribution < 1.29 is 37.8 Å². The van der Waals surface area contributed by atoms with Crippen LogP contribution in [-0.4, -0.2) is 32.8 Å². The van der Waals surface area contributed by atoms with Gasteiger partial charge < -0.3 is 19.6 Å². The average molecular weight is 470 g/mol. The first kappa shape index (κ1) is 29.7. The van der Waals surface area contributed by atoms with E-state index in [0.29, 0.717) is 12.8 Å². The molecule has 0 spiro atoms. The molecule has 4 N–H and O–H groups in total. The van der Waals surface area contributed by atoms with Crippen molar-refractivity contribution >= 4 is 15.6 Å². The first-order valence-electron chi connectivity index (χ1n) is 10.9. The van der Waals surface area contributed by atoms with Crippen LogP contribution in [0.15, 0.2) is 24.3 Å². The van der Waals surface area contributed by atoms with Gasteiger partial charge in [-0.3, -0.25) is 9.05 Å². The van der Waals surface area contributed by atoms with Crippen molar-refractivity contribution in [1.82, 2.24) is 0 Å². The molecule has 0 aromatic heterocycles. The van der Waals surface area contributed by atoms with Gasteiger partial charge >= 0.3 is 15.6 Å². The lowest BCUT2D eigenvalue weighted by molar-refractivity contribution is 0.191. The van der Waals surface area contributed by atoms with Gasteiger partial charge in [0.25, 0.3) is 0 Å². The van der Waals surface area contributed by atoms with Gasteiger partial charge in [0.1, 0.15) is 0 Å². The summed E-state index contributed by atoms with van der Waals surface area (Å²) in [4.78, 5) is 34.2. The zero-order chi connectivity index (χ0) is 22.6. The third-order valence-corrected chi connectivity index (χ3v) is 5.44. The van der Waals surface area contributed by atoms with Gasteiger partial charge in [-0.2, -0.15) is 0 Å². The Kier molecular flexibility index (Phi) is 19.2. The van der Waals surface area contributed by atoms with Gasteiger partial charge in [0.15, 0.2) is 0 Å². The Morgan fingerprint density at radius 3 is 1.23 bits per heavy atom.